The smallest absolute Gasteiger partial charge is 0.119 e. The van der Waals surface area contributed by atoms with E-state index in [0.29, 0.717) is 0 Å². The number of allylic oxidation sites excluding steroid dienone is 2. The van der Waals surface area contributed by atoms with Crippen LogP contribution in [-0.2, 0) is 6.42 Å². The summed E-state index contributed by atoms with van der Waals surface area (Å²) >= 11 is 0. The fraction of sp³-hybridized carbons (Fsp3) is 0.467. The first-order valence-corrected chi connectivity index (χ1v) is 6.07. The quantitative estimate of drug-likeness (QED) is 0.737. The van der Waals surface area contributed by atoms with Crippen molar-refractivity contribution >= 4 is 5.57 Å². The first-order valence-electron chi connectivity index (χ1n) is 6.07. The lowest BCUT2D eigenvalue weighted by Gasteiger charge is -2.09. The highest BCUT2D eigenvalue weighted by Crippen LogP contribution is 2.33. The Labute approximate surface area is 98.1 Å². The largest absolute Gasteiger partial charge is 0.497 e. The minimum Gasteiger partial charge on any atom is -0.497 e. The lowest BCUT2D eigenvalue weighted by Crippen LogP contribution is -1.91. The van der Waals surface area contributed by atoms with Gasteiger partial charge in [-0.3, -0.25) is 0 Å². The summed E-state index contributed by atoms with van der Waals surface area (Å²) in [5.74, 6) is 1.74. The summed E-state index contributed by atoms with van der Waals surface area (Å²) in [4.78, 5) is 0. The molecule has 0 saturated heterocycles. The fourth-order valence-corrected chi connectivity index (χ4v) is 2.18. The van der Waals surface area contributed by atoms with Gasteiger partial charge in [-0.25, -0.2) is 0 Å². The summed E-state index contributed by atoms with van der Waals surface area (Å²) in [6.07, 6.45) is 5.92. The molecule has 1 aromatic carbocycles. The van der Waals surface area contributed by atoms with Crippen molar-refractivity contribution in [1.29, 1.82) is 0 Å². The Hall–Kier alpha value is -1.24. The zero-order chi connectivity index (χ0) is 11.5. The van der Waals surface area contributed by atoms with Gasteiger partial charge in [-0.05, 0) is 54.0 Å². The molecule has 1 aliphatic carbocycles. The summed E-state index contributed by atoms with van der Waals surface area (Å²) in [5, 5.41) is 0. The maximum atomic E-state index is 5.29. The Morgan fingerprint density at radius 1 is 1.31 bits per heavy atom. The van der Waals surface area contributed by atoms with Gasteiger partial charge in [0.15, 0.2) is 0 Å². The zero-order valence-electron chi connectivity index (χ0n) is 10.4. The maximum absolute atomic E-state index is 5.29. The van der Waals surface area contributed by atoms with Gasteiger partial charge in [-0.1, -0.05) is 26.0 Å². The fourth-order valence-electron chi connectivity index (χ4n) is 2.18. The molecule has 0 bridgehead atoms. The molecule has 0 radical (unpaired) electrons. The van der Waals surface area contributed by atoms with Gasteiger partial charge in [-0.15, -0.1) is 0 Å². The van der Waals surface area contributed by atoms with Crippen molar-refractivity contribution in [2.75, 3.05) is 7.11 Å². The normalized spacial score (nSPS) is 13.9. The Balaban J connectivity index is 2.16. The van der Waals surface area contributed by atoms with Crippen molar-refractivity contribution in [1.82, 2.24) is 0 Å². The molecule has 1 aliphatic rings. The standard InChI is InChI=1S/C15H20O/c1-11(2)4-5-12-6-7-13-8-9-14(16-3)10-15(12)13/h6,8-11H,4-5,7H2,1-3H3. The van der Waals surface area contributed by atoms with Gasteiger partial charge in [0.2, 0.25) is 0 Å². The molecule has 0 atom stereocenters. The highest BCUT2D eigenvalue weighted by atomic mass is 16.5. The highest BCUT2D eigenvalue weighted by Gasteiger charge is 2.14. The SMILES string of the molecule is COc1ccc2c(c1)C(CCC(C)C)=CC2. The van der Waals surface area contributed by atoms with Gasteiger partial charge in [0.05, 0.1) is 7.11 Å². The zero-order valence-corrected chi connectivity index (χ0v) is 10.4. The third-order valence-corrected chi connectivity index (χ3v) is 3.22. The van der Waals surface area contributed by atoms with Gasteiger partial charge in [0.25, 0.3) is 0 Å². The van der Waals surface area contributed by atoms with Crippen LogP contribution in [0.15, 0.2) is 24.3 Å². The number of benzene rings is 1. The molecule has 0 fully saturated rings. The number of hydrogen-bond acceptors (Lipinski definition) is 1. The molecule has 1 aromatic rings. The van der Waals surface area contributed by atoms with Gasteiger partial charge in [0.1, 0.15) is 5.75 Å². The molecule has 0 saturated carbocycles. The molecule has 16 heavy (non-hydrogen) atoms. The van der Waals surface area contributed by atoms with Crippen LogP contribution in [-0.4, -0.2) is 7.11 Å². The summed E-state index contributed by atoms with van der Waals surface area (Å²) < 4.78 is 5.29. The molecule has 1 nitrogen and oxygen atoms in total. The average Bonchev–Trinajstić information content (AvgIpc) is 2.68. The molecule has 0 amide bonds. The van der Waals surface area contributed by atoms with Crippen LogP contribution < -0.4 is 4.74 Å². The highest BCUT2D eigenvalue weighted by molar-refractivity contribution is 5.74. The van der Waals surface area contributed by atoms with E-state index >= 15 is 0 Å². The monoisotopic (exact) mass is 216 g/mol. The lowest BCUT2D eigenvalue weighted by atomic mass is 9.98. The molecule has 0 aromatic heterocycles. The third-order valence-electron chi connectivity index (χ3n) is 3.22. The van der Waals surface area contributed by atoms with E-state index in [0.717, 1.165) is 18.1 Å². The molecular weight excluding hydrogens is 196 g/mol. The van der Waals surface area contributed by atoms with Crippen molar-refractivity contribution in [3.63, 3.8) is 0 Å². The maximum Gasteiger partial charge on any atom is 0.119 e. The molecule has 0 heterocycles. The summed E-state index contributed by atoms with van der Waals surface area (Å²) in [6.45, 7) is 4.56. The second-order valence-corrected chi connectivity index (χ2v) is 4.89. The van der Waals surface area contributed by atoms with E-state index in [1.54, 1.807) is 7.11 Å². The summed E-state index contributed by atoms with van der Waals surface area (Å²) in [5.41, 5.74) is 4.35. The van der Waals surface area contributed by atoms with Crippen molar-refractivity contribution in [2.24, 2.45) is 5.92 Å². The summed E-state index contributed by atoms with van der Waals surface area (Å²) in [7, 11) is 1.73. The first kappa shape index (κ1) is 11.3. The number of fused-ring (bicyclic) bond motifs is 1. The van der Waals surface area contributed by atoms with E-state index < -0.39 is 0 Å². The number of hydrogen-bond donors (Lipinski definition) is 0. The molecule has 0 N–H and O–H groups in total. The first-order chi connectivity index (χ1) is 7.70. The van der Waals surface area contributed by atoms with Crippen LogP contribution in [0, 0.1) is 5.92 Å². The predicted octanol–water partition coefficient (Wildman–Crippen LogP) is 4.07. The Morgan fingerprint density at radius 2 is 2.12 bits per heavy atom. The van der Waals surface area contributed by atoms with E-state index in [1.165, 1.54) is 29.5 Å². The Bertz CT molecular complexity index is 402. The second-order valence-electron chi connectivity index (χ2n) is 4.89. The van der Waals surface area contributed by atoms with Crippen LogP contribution >= 0.6 is 0 Å². The molecule has 2 rings (SSSR count). The minimum absolute atomic E-state index is 0.774. The molecule has 0 spiro atoms. The molecule has 0 aliphatic heterocycles. The van der Waals surface area contributed by atoms with Crippen LogP contribution in [0.3, 0.4) is 0 Å². The average molecular weight is 216 g/mol. The van der Waals surface area contributed by atoms with E-state index in [4.69, 9.17) is 4.74 Å². The molecule has 1 heteroatoms. The molecule has 86 valence electrons. The minimum atomic E-state index is 0.774. The third kappa shape index (κ3) is 2.29. The number of ether oxygens (including phenoxy) is 1. The van der Waals surface area contributed by atoms with Crippen molar-refractivity contribution in [2.45, 2.75) is 33.1 Å². The Kier molecular flexibility index (Phi) is 3.33. The van der Waals surface area contributed by atoms with E-state index in [2.05, 4.69) is 38.1 Å². The van der Waals surface area contributed by atoms with E-state index in [9.17, 15) is 0 Å². The van der Waals surface area contributed by atoms with Gasteiger partial charge in [-0.2, -0.15) is 0 Å². The van der Waals surface area contributed by atoms with Crippen LogP contribution in [0.2, 0.25) is 0 Å². The topological polar surface area (TPSA) is 9.23 Å². The van der Waals surface area contributed by atoms with Crippen molar-refractivity contribution in [3.05, 3.63) is 35.4 Å². The van der Waals surface area contributed by atoms with E-state index in [1.807, 2.05) is 0 Å². The van der Waals surface area contributed by atoms with Crippen LogP contribution in [0.1, 0.15) is 37.8 Å². The molecule has 0 unspecified atom stereocenters. The van der Waals surface area contributed by atoms with Crippen LogP contribution in [0.5, 0.6) is 5.75 Å². The Morgan fingerprint density at radius 3 is 2.81 bits per heavy atom. The predicted molar refractivity (Wildman–Crippen MR) is 68.7 cm³/mol. The summed E-state index contributed by atoms with van der Waals surface area (Å²) in [6, 6.07) is 6.42. The second kappa shape index (κ2) is 4.73. The number of rotatable bonds is 4. The van der Waals surface area contributed by atoms with Gasteiger partial charge >= 0.3 is 0 Å². The van der Waals surface area contributed by atoms with Gasteiger partial charge in [0, 0.05) is 0 Å². The van der Waals surface area contributed by atoms with Gasteiger partial charge < -0.3 is 4.74 Å². The van der Waals surface area contributed by atoms with Crippen molar-refractivity contribution in [3.8, 4) is 5.75 Å². The van der Waals surface area contributed by atoms with Crippen LogP contribution in [0.4, 0.5) is 0 Å². The van der Waals surface area contributed by atoms with E-state index in [-0.39, 0.29) is 0 Å². The molecular formula is C15H20O. The van der Waals surface area contributed by atoms with Crippen LogP contribution in [0.25, 0.3) is 5.57 Å². The lowest BCUT2D eigenvalue weighted by molar-refractivity contribution is 0.414. The van der Waals surface area contributed by atoms with Crippen molar-refractivity contribution < 1.29 is 4.74 Å². The number of methoxy groups -OCH3 is 1.